The number of thiazole rings is 1. The summed E-state index contributed by atoms with van der Waals surface area (Å²) in [6, 6.07) is 0. The van der Waals surface area contributed by atoms with E-state index in [4.69, 9.17) is 5.73 Å². The molecule has 1 aromatic heterocycles. The number of aryl methyl sites for hydroxylation is 1. The number of nitrogens with zero attached hydrogens (tertiary/aromatic N) is 1. The first-order chi connectivity index (χ1) is 4.34. The average molecular weight is 143 g/mol. The van der Waals surface area contributed by atoms with Crippen LogP contribution in [0.15, 0.2) is 11.6 Å². The van der Waals surface area contributed by atoms with Crippen LogP contribution in [0, 0.1) is 0 Å². The molecule has 50 valence electrons. The molecule has 3 heteroatoms. The fourth-order valence-corrected chi connectivity index (χ4v) is 1.38. The molecular weight excluding hydrogens is 132 g/mol. The van der Waals surface area contributed by atoms with Gasteiger partial charge in [0.2, 0.25) is 0 Å². The van der Waals surface area contributed by atoms with Crippen molar-refractivity contribution in [2.75, 3.05) is 5.73 Å². The van der Waals surface area contributed by atoms with Crippen LogP contribution >= 0.6 is 11.3 Å². The van der Waals surface area contributed by atoms with Crippen LogP contribution in [0.1, 0.15) is 13.3 Å². The minimum Gasteiger partial charge on any atom is -0.278 e. The zero-order chi connectivity index (χ0) is 6.69. The number of hydrogen-bond acceptors (Lipinski definition) is 2. The maximum atomic E-state index is 5.61. The van der Waals surface area contributed by atoms with Crippen LogP contribution in [-0.2, 0) is 6.54 Å². The van der Waals surface area contributed by atoms with E-state index in [-0.39, 0.29) is 0 Å². The predicted molar refractivity (Wildman–Crippen MR) is 39.2 cm³/mol. The Labute approximate surface area is 58.9 Å². The third-order valence-electron chi connectivity index (χ3n) is 1.18. The molecule has 0 saturated heterocycles. The van der Waals surface area contributed by atoms with E-state index in [2.05, 4.69) is 11.5 Å². The lowest BCUT2D eigenvalue weighted by atomic mass is 10.5. The van der Waals surface area contributed by atoms with Crippen LogP contribution < -0.4 is 10.3 Å². The van der Waals surface area contributed by atoms with Crippen molar-refractivity contribution in [3.63, 3.8) is 0 Å². The lowest BCUT2D eigenvalue weighted by molar-refractivity contribution is -0.678. The Morgan fingerprint density at radius 3 is 3.00 bits per heavy atom. The number of nitrogens with two attached hydrogens (primary N) is 1. The fourth-order valence-electron chi connectivity index (χ4n) is 0.740. The third kappa shape index (κ3) is 1.42. The van der Waals surface area contributed by atoms with Crippen LogP contribution in [0.3, 0.4) is 0 Å². The summed E-state index contributed by atoms with van der Waals surface area (Å²) < 4.78 is 2.06. The third-order valence-corrected chi connectivity index (χ3v) is 1.91. The first-order valence-electron chi connectivity index (χ1n) is 3.07. The van der Waals surface area contributed by atoms with Crippen LogP contribution in [0.25, 0.3) is 0 Å². The SMILES string of the molecule is CCC[n+]1ccsc1N. The Morgan fingerprint density at radius 1 is 1.78 bits per heavy atom. The maximum absolute atomic E-state index is 5.61. The molecule has 0 radical (unpaired) electrons. The van der Waals surface area contributed by atoms with E-state index in [0.29, 0.717) is 0 Å². The molecular formula is C6H11N2S+. The standard InChI is InChI=1S/C6H10N2S/c1-2-3-8-4-5-9-6(8)7/h4-5,7H,2-3H2,1H3/p+1. The molecule has 0 aliphatic carbocycles. The van der Waals surface area contributed by atoms with Crippen LogP contribution in [0.5, 0.6) is 0 Å². The Kier molecular flexibility index (Phi) is 2.05. The molecule has 0 spiro atoms. The quantitative estimate of drug-likeness (QED) is 0.616. The normalized spacial score (nSPS) is 9.89. The maximum Gasteiger partial charge on any atom is 0.331 e. The van der Waals surface area contributed by atoms with Crippen LogP contribution in [-0.4, -0.2) is 0 Å². The highest BCUT2D eigenvalue weighted by Crippen LogP contribution is 2.02. The molecule has 0 aliphatic rings. The molecule has 0 aromatic carbocycles. The monoisotopic (exact) mass is 143 g/mol. The molecule has 0 unspecified atom stereocenters. The van der Waals surface area contributed by atoms with Crippen LogP contribution in [0.2, 0.25) is 0 Å². The summed E-state index contributed by atoms with van der Waals surface area (Å²) in [6.45, 7) is 3.18. The molecule has 1 heterocycles. The summed E-state index contributed by atoms with van der Waals surface area (Å²) in [4.78, 5) is 0. The number of rotatable bonds is 2. The highest BCUT2D eigenvalue weighted by Gasteiger charge is 2.01. The summed E-state index contributed by atoms with van der Waals surface area (Å²) in [6.07, 6.45) is 3.16. The lowest BCUT2D eigenvalue weighted by Gasteiger charge is -1.90. The number of anilines is 1. The van der Waals surface area contributed by atoms with Crippen molar-refractivity contribution in [2.24, 2.45) is 0 Å². The molecule has 0 saturated carbocycles. The lowest BCUT2D eigenvalue weighted by Crippen LogP contribution is -2.33. The molecule has 1 rings (SSSR count). The van der Waals surface area contributed by atoms with Crippen molar-refractivity contribution in [3.8, 4) is 0 Å². The minimum atomic E-state index is 0.900. The Bertz CT molecular complexity index is 183. The number of hydrogen-bond donors (Lipinski definition) is 1. The fraction of sp³-hybridized carbons (Fsp3) is 0.500. The second-order valence-corrected chi connectivity index (χ2v) is 2.86. The highest BCUT2D eigenvalue weighted by atomic mass is 32.1. The molecule has 0 atom stereocenters. The Morgan fingerprint density at radius 2 is 2.56 bits per heavy atom. The predicted octanol–water partition coefficient (Wildman–Crippen LogP) is 1.03. The molecule has 9 heavy (non-hydrogen) atoms. The molecule has 2 nitrogen and oxygen atoms in total. The molecule has 2 N–H and O–H groups in total. The molecule has 1 aromatic rings. The molecule has 0 amide bonds. The largest absolute Gasteiger partial charge is 0.331 e. The van der Waals surface area contributed by atoms with Crippen molar-refractivity contribution in [3.05, 3.63) is 11.6 Å². The van der Waals surface area contributed by atoms with Gasteiger partial charge in [0.15, 0.2) is 0 Å². The van der Waals surface area contributed by atoms with Gasteiger partial charge in [-0.25, -0.2) is 4.57 Å². The van der Waals surface area contributed by atoms with E-state index < -0.39 is 0 Å². The van der Waals surface area contributed by atoms with Gasteiger partial charge in [0.05, 0.1) is 6.54 Å². The van der Waals surface area contributed by atoms with E-state index in [1.54, 1.807) is 11.3 Å². The van der Waals surface area contributed by atoms with Gasteiger partial charge < -0.3 is 0 Å². The molecule has 0 aliphatic heterocycles. The topological polar surface area (TPSA) is 29.9 Å². The summed E-state index contributed by atoms with van der Waals surface area (Å²) in [7, 11) is 0. The molecule has 0 fully saturated rings. The van der Waals surface area contributed by atoms with Gasteiger partial charge in [0.1, 0.15) is 6.20 Å². The Hall–Kier alpha value is -0.570. The van der Waals surface area contributed by atoms with Crippen molar-refractivity contribution in [1.29, 1.82) is 0 Å². The Balaban J connectivity index is 2.69. The zero-order valence-corrected chi connectivity index (χ0v) is 6.32. The van der Waals surface area contributed by atoms with Gasteiger partial charge in [-0.1, -0.05) is 18.3 Å². The van der Waals surface area contributed by atoms with Gasteiger partial charge in [-0.05, 0) is 6.42 Å². The van der Waals surface area contributed by atoms with Gasteiger partial charge in [-0.3, -0.25) is 5.73 Å². The van der Waals surface area contributed by atoms with E-state index in [0.717, 1.165) is 18.1 Å². The summed E-state index contributed by atoms with van der Waals surface area (Å²) in [5.41, 5.74) is 5.61. The second kappa shape index (κ2) is 2.82. The first-order valence-corrected chi connectivity index (χ1v) is 3.95. The second-order valence-electron chi connectivity index (χ2n) is 1.93. The van der Waals surface area contributed by atoms with Crippen molar-refractivity contribution < 1.29 is 4.57 Å². The van der Waals surface area contributed by atoms with Gasteiger partial charge in [-0.2, -0.15) is 0 Å². The number of nitrogen functional groups attached to an aromatic ring is 1. The van der Waals surface area contributed by atoms with Crippen LogP contribution in [0.4, 0.5) is 5.13 Å². The summed E-state index contributed by atoms with van der Waals surface area (Å²) in [5.74, 6) is 0. The van der Waals surface area contributed by atoms with Crippen molar-refractivity contribution in [2.45, 2.75) is 19.9 Å². The van der Waals surface area contributed by atoms with E-state index in [9.17, 15) is 0 Å². The summed E-state index contributed by atoms with van der Waals surface area (Å²) in [5, 5.41) is 2.90. The van der Waals surface area contributed by atoms with E-state index in [1.165, 1.54) is 0 Å². The molecule has 0 bridgehead atoms. The van der Waals surface area contributed by atoms with Crippen molar-refractivity contribution >= 4 is 16.5 Å². The van der Waals surface area contributed by atoms with Gasteiger partial charge in [0, 0.05) is 5.38 Å². The van der Waals surface area contributed by atoms with Gasteiger partial charge in [0.25, 0.3) is 0 Å². The van der Waals surface area contributed by atoms with Gasteiger partial charge in [-0.15, -0.1) is 0 Å². The van der Waals surface area contributed by atoms with E-state index in [1.807, 2.05) is 11.6 Å². The first kappa shape index (κ1) is 6.55. The highest BCUT2D eigenvalue weighted by molar-refractivity contribution is 7.12. The van der Waals surface area contributed by atoms with Gasteiger partial charge >= 0.3 is 5.13 Å². The number of aromatic nitrogens is 1. The van der Waals surface area contributed by atoms with E-state index >= 15 is 0 Å². The summed E-state index contributed by atoms with van der Waals surface area (Å²) >= 11 is 1.59. The van der Waals surface area contributed by atoms with Crippen molar-refractivity contribution in [1.82, 2.24) is 0 Å². The smallest absolute Gasteiger partial charge is 0.278 e. The average Bonchev–Trinajstić information content (AvgIpc) is 2.18. The zero-order valence-electron chi connectivity index (χ0n) is 5.50. The minimum absolute atomic E-state index is 0.900.